The van der Waals surface area contributed by atoms with Crippen LogP contribution in [0, 0.1) is 5.82 Å². The zero-order chi connectivity index (χ0) is 12.3. The highest BCUT2D eigenvalue weighted by Gasteiger charge is 2.02. The third-order valence-electron chi connectivity index (χ3n) is 2.13. The van der Waals surface area contributed by atoms with Crippen LogP contribution in [-0.4, -0.2) is 10.8 Å². The molecule has 0 atom stereocenters. The molecule has 1 aromatic carbocycles. The molecule has 0 unspecified atom stereocenters. The molecule has 0 aliphatic carbocycles. The third-order valence-corrected chi connectivity index (χ3v) is 3.10. The molecule has 2 nitrogen and oxygen atoms in total. The normalized spacial score (nSPS) is 10.2. The Balaban J connectivity index is 2.16. The molecule has 4 heteroatoms. The van der Waals surface area contributed by atoms with Crippen molar-refractivity contribution in [2.24, 2.45) is 0 Å². The zero-order valence-corrected chi connectivity index (χ0v) is 10.00. The highest BCUT2D eigenvalue weighted by atomic mass is 32.2. The molecule has 0 N–H and O–H groups in total. The van der Waals surface area contributed by atoms with Crippen molar-refractivity contribution >= 4 is 17.5 Å². The van der Waals surface area contributed by atoms with E-state index in [2.05, 4.69) is 4.98 Å². The van der Waals surface area contributed by atoms with Gasteiger partial charge in [-0.05, 0) is 30.3 Å². The first-order chi connectivity index (χ1) is 8.15. The standard InChI is InChI=1S/C13H10FNOS/c1-9(16)13-6-5-12(8-15-13)17-11-4-2-3-10(14)7-11/h2-8H,1H3. The number of rotatable bonds is 3. The molecule has 0 radical (unpaired) electrons. The summed E-state index contributed by atoms with van der Waals surface area (Å²) in [4.78, 5) is 16.8. The number of ketones is 1. The minimum Gasteiger partial charge on any atom is -0.293 e. The first kappa shape index (κ1) is 11.8. The van der Waals surface area contributed by atoms with E-state index in [1.165, 1.54) is 30.8 Å². The highest BCUT2D eigenvalue weighted by molar-refractivity contribution is 7.99. The Morgan fingerprint density at radius 1 is 1.24 bits per heavy atom. The molecule has 0 bridgehead atoms. The first-order valence-corrected chi connectivity index (χ1v) is 5.87. The predicted molar refractivity (Wildman–Crippen MR) is 64.8 cm³/mol. The van der Waals surface area contributed by atoms with Crippen molar-refractivity contribution < 1.29 is 9.18 Å². The van der Waals surface area contributed by atoms with Crippen molar-refractivity contribution in [3.63, 3.8) is 0 Å². The maximum Gasteiger partial charge on any atom is 0.178 e. The van der Waals surface area contributed by atoms with E-state index in [-0.39, 0.29) is 11.6 Å². The number of carbonyl (C=O) groups excluding carboxylic acids is 1. The number of halogens is 1. The molecular formula is C13H10FNOS. The van der Waals surface area contributed by atoms with Crippen molar-refractivity contribution in [2.45, 2.75) is 16.7 Å². The summed E-state index contributed by atoms with van der Waals surface area (Å²) in [6, 6.07) is 9.83. The van der Waals surface area contributed by atoms with Gasteiger partial charge in [0, 0.05) is 22.9 Å². The number of Topliss-reactive ketones (excluding diaryl/α,β-unsaturated/α-hetero) is 1. The van der Waals surface area contributed by atoms with Gasteiger partial charge in [-0.3, -0.25) is 9.78 Å². The van der Waals surface area contributed by atoms with E-state index in [0.717, 1.165) is 9.79 Å². The van der Waals surface area contributed by atoms with E-state index in [4.69, 9.17) is 0 Å². The minimum absolute atomic E-state index is 0.0627. The van der Waals surface area contributed by atoms with Crippen LogP contribution in [-0.2, 0) is 0 Å². The van der Waals surface area contributed by atoms with Gasteiger partial charge in [0.1, 0.15) is 11.5 Å². The van der Waals surface area contributed by atoms with Crippen LogP contribution >= 0.6 is 11.8 Å². The van der Waals surface area contributed by atoms with Gasteiger partial charge in [-0.25, -0.2) is 4.39 Å². The van der Waals surface area contributed by atoms with Gasteiger partial charge < -0.3 is 0 Å². The summed E-state index contributed by atoms with van der Waals surface area (Å²) >= 11 is 1.41. The molecule has 17 heavy (non-hydrogen) atoms. The fourth-order valence-corrected chi connectivity index (χ4v) is 2.15. The Kier molecular flexibility index (Phi) is 3.54. The summed E-state index contributed by atoms with van der Waals surface area (Å²) in [5.41, 5.74) is 0.439. The van der Waals surface area contributed by atoms with Crippen molar-refractivity contribution in [1.82, 2.24) is 4.98 Å². The number of hydrogen-bond acceptors (Lipinski definition) is 3. The SMILES string of the molecule is CC(=O)c1ccc(Sc2cccc(F)c2)cn1. The Morgan fingerprint density at radius 2 is 2.06 bits per heavy atom. The summed E-state index contributed by atoms with van der Waals surface area (Å²) in [7, 11) is 0. The molecule has 0 spiro atoms. The molecule has 2 rings (SSSR count). The number of aromatic nitrogens is 1. The Bertz CT molecular complexity index is 539. The summed E-state index contributed by atoms with van der Waals surface area (Å²) in [5, 5.41) is 0. The van der Waals surface area contributed by atoms with Crippen LogP contribution in [0.15, 0.2) is 52.4 Å². The summed E-state index contributed by atoms with van der Waals surface area (Å²) in [6.07, 6.45) is 1.62. The van der Waals surface area contributed by atoms with E-state index < -0.39 is 0 Å². The lowest BCUT2D eigenvalue weighted by molar-refractivity contribution is 0.101. The van der Waals surface area contributed by atoms with Gasteiger partial charge in [-0.2, -0.15) is 0 Å². The van der Waals surface area contributed by atoms with E-state index in [9.17, 15) is 9.18 Å². The lowest BCUT2D eigenvalue weighted by atomic mass is 10.3. The summed E-state index contributed by atoms with van der Waals surface area (Å²) < 4.78 is 13.0. The second kappa shape index (κ2) is 5.10. The summed E-state index contributed by atoms with van der Waals surface area (Å²) in [6.45, 7) is 1.47. The van der Waals surface area contributed by atoms with Gasteiger partial charge in [0.05, 0.1) is 0 Å². The Hall–Kier alpha value is -1.68. The van der Waals surface area contributed by atoms with Gasteiger partial charge in [0.2, 0.25) is 0 Å². The van der Waals surface area contributed by atoms with Gasteiger partial charge in [-0.15, -0.1) is 0 Å². The van der Waals surface area contributed by atoms with E-state index in [1.54, 1.807) is 24.4 Å². The smallest absolute Gasteiger partial charge is 0.178 e. The van der Waals surface area contributed by atoms with Crippen LogP contribution in [0.1, 0.15) is 17.4 Å². The maximum absolute atomic E-state index is 13.0. The minimum atomic E-state index is -0.261. The van der Waals surface area contributed by atoms with Crippen molar-refractivity contribution in [1.29, 1.82) is 0 Å². The van der Waals surface area contributed by atoms with Crippen molar-refractivity contribution in [3.05, 3.63) is 54.1 Å². The van der Waals surface area contributed by atoms with Gasteiger partial charge in [-0.1, -0.05) is 17.8 Å². The Morgan fingerprint density at radius 3 is 2.65 bits per heavy atom. The van der Waals surface area contributed by atoms with E-state index in [1.807, 2.05) is 6.07 Å². The topological polar surface area (TPSA) is 30.0 Å². The quantitative estimate of drug-likeness (QED) is 0.776. The molecule has 2 aromatic rings. The molecule has 1 aromatic heterocycles. The molecule has 0 aliphatic heterocycles. The number of nitrogens with zero attached hydrogens (tertiary/aromatic N) is 1. The van der Waals surface area contributed by atoms with Crippen LogP contribution in [0.2, 0.25) is 0 Å². The van der Waals surface area contributed by atoms with Crippen LogP contribution in [0.5, 0.6) is 0 Å². The molecule has 0 aliphatic rings. The van der Waals surface area contributed by atoms with E-state index >= 15 is 0 Å². The lowest BCUT2D eigenvalue weighted by Crippen LogP contribution is -1.95. The predicted octanol–water partition coefficient (Wildman–Crippen LogP) is 3.57. The van der Waals surface area contributed by atoms with Crippen LogP contribution in [0.4, 0.5) is 4.39 Å². The molecule has 0 saturated heterocycles. The summed E-state index contributed by atoms with van der Waals surface area (Å²) in [5.74, 6) is -0.323. The van der Waals surface area contributed by atoms with Gasteiger partial charge in [0.25, 0.3) is 0 Å². The van der Waals surface area contributed by atoms with E-state index in [0.29, 0.717) is 5.69 Å². The Labute approximate surface area is 103 Å². The number of pyridine rings is 1. The van der Waals surface area contributed by atoms with Crippen molar-refractivity contribution in [3.8, 4) is 0 Å². The second-order valence-electron chi connectivity index (χ2n) is 3.49. The molecule has 0 fully saturated rings. The third kappa shape index (κ3) is 3.14. The van der Waals surface area contributed by atoms with Crippen LogP contribution in [0.25, 0.3) is 0 Å². The fourth-order valence-electron chi connectivity index (χ4n) is 1.32. The van der Waals surface area contributed by atoms with Gasteiger partial charge in [0.15, 0.2) is 5.78 Å². The largest absolute Gasteiger partial charge is 0.293 e. The molecule has 86 valence electrons. The monoisotopic (exact) mass is 247 g/mol. The molecule has 0 amide bonds. The average molecular weight is 247 g/mol. The van der Waals surface area contributed by atoms with Crippen LogP contribution < -0.4 is 0 Å². The molecule has 1 heterocycles. The lowest BCUT2D eigenvalue weighted by Gasteiger charge is -2.02. The number of carbonyl (C=O) groups is 1. The van der Waals surface area contributed by atoms with Crippen LogP contribution in [0.3, 0.4) is 0 Å². The van der Waals surface area contributed by atoms with Crippen molar-refractivity contribution in [2.75, 3.05) is 0 Å². The molecular weight excluding hydrogens is 237 g/mol. The zero-order valence-electron chi connectivity index (χ0n) is 9.18. The highest BCUT2D eigenvalue weighted by Crippen LogP contribution is 2.27. The fraction of sp³-hybridized carbons (Fsp3) is 0.0769. The average Bonchev–Trinajstić information content (AvgIpc) is 2.29. The number of hydrogen-bond donors (Lipinski definition) is 0. The number of benzene rings is 1. The second-order valence-corrected chi connectivity index (χ2v) is 4.64. The maximum atomic E-state index is 13.0. The molecule has 0 saturated carbocycles. The first-order valence-electron chi connectivity index (χ1n) is 5.05. The van der Waals surface area contributed by atoms with Gasteiger partial charge >= 0.3 is 0 Å².